The third kappa shape index (κ3) is 5.30. The quantitative estimate of drug-likeness (QED) is 0.385. The van der Waals surface area contributed by atoms with E-state index in [1.165, 1.54) is 11.1 Å². The molecule has 19 heavy (non-hydrogen) atoms. The van der Waals surface area contributed by atoms with Gasteiger partial charge in [0, 0.05) is 29.4 Å². The summed E-state index contributed by atoms with van der Waals surface area (Å²) in [6, 6.07) is 2.02. The maximum atomic E-state index is 9.06. The normalized spacial score (nSPS) is 12.6. The minimum Gasteiger partial charge on any atom is -0.509 e. The zero-order chi connectivity index (χ0) is 14.4. The molecule has 1 heterocycles. The van der Waals surface area contributed by atoms with Gasteiger partial charge in [-0.25, -0.2) is 0 Å². The zero-order valence-electron chi connectivity index (χ0n) is 11.9. The third-order valence-electron chi connectivity index (χ3n) is 2.64. The topological polar surface area (TPSA) is 45.5 Å². The van der Waals surface area contributed by atoms with Crippen LogP contribution in [0, 0.1) is 13.8 Å². The minimum absolute atomic E-state index is 0.0259. The number of rotatable bonds is 4. The van der Waals surface area contributed by atoms with Gasteiger partial charge in [-0.15, -0.1) is 11.8 Å². The molecule has 0 aliphatic carbocycles. The molecule has 0 amide bonds. The van der Waals surface area contributed by atoms with E-state index in [9.17, 15) is 0 Å². The minimum atomic E-state index is 0.0259. The summed E-state index contributed by atoms with van der Waals surface area (Å²) in [5.74, 6) is 0.881. The number of aliphatic hydroxyl groups is 1. The first kappa shape index (κ1) is 15.5. The van der Waals surface area contributed by atoms with Crippen molar-refractivity contribution in [2.45, 2.75) is 33.4 Å². The summed E-state index contributed by atoms with van der Waals surface area (Å²) in [6.45, 7) is 11.3. The number of aliphatic hydroxyl groups excluding tert-OH is 1. The number of thioether (sulfide) groups is 1. The maximum absolute atomic E-state index is 9.06. The summed E-state index contributed by atoms with van der Waals surface area (Å²) in [6.07, 6.45) is 3.38. The van der Waals surface area contributed by atoms with Crippen LogP contribution in [-0.4, -0.2) is 15.1 Å². The Kier molecular flexibility index (Phi) is 5.83. The van der Waals surface area contributed by atoms with Crippen LogP contribution >= 0.6 is 11.8 Å². The van der Waals surface area contributed by atoms with Crippen LogP contribution in [0.25, 0.3) is 0 Å². The van der Waals surface area contributed by atoms with E-state index in [1.54, 1.807) is 17.8 Å². The molecule has 4 heteroatoms. The zero-order valence-corrected chi connectivity index (χ0v) is 12.7. The SMILES string of the molecule is C=C(O)/C=C(/C)N=C(C)SCc1c(C)ccnc1C. The molecular weight excluding hydrogens is 256 g/mol. The van der Waals surface area contributed by atoms with Gasteiger partial charge in [0.05, 0.1) is 5.04 Å². The molecule has 0 fully saturated rings. The lowest BCUT2D eigenvalue weighted by Gasteiger charge is -2.08. The molecule has 0 saturated heterocycles. The van der Waals surface area contributed by atoms with E-state index in [4.69, 9.17) is 5.11 Å². The number of hydrogen-bond acceptors (Lipinski definition) is 4. The predicted octanol–water partition coefficient (Wildman–Crippen LogP) is 4.33. The van der Waals surface area contributed by atoms with Crippen LogP contribution < -0.4 is 0 Å². The highest BCUT2D eigenvalue weighted by Gasteiger charge is 2.04. The fourth-order valence-corrected chi connectivity index (χ4v) is 2.67. The second kappa shape index (κ2) is 7.14. The highest BCUT2D eigenvalue weighted by atomic mass is 32.2. The van der Waals surface area contributed by atoms with Gasteiger partial charge >= 0.3 is 0 Å². The molecule has 0 aliphatic heterocycles. The van der Waals surface area contributed by atoms with Crippen molar-refractivity contribution in [1.29, 1.82) is 0 Å². The lowest BCUT2D eigenvalue weighted by Crippen LogP contribution is -1.96. The Balaban J connectivity index is 2.72. The fourth-order valence-electron chi connectivity index (χ4n) is 1.67. The number of aliphatic imine (C=N–C) groups is 1. The number of nitrogens with zero attached hydrogens (tertiary/aromatic N) is 2. The molecule has 0 saturated carbocycles. The van der Waals surface area contributed by atoms with Gasteiger partial charge in [-0.1, -0.05) is 6.58 Å². The molecule has 102 valence electrons. The largest absolute Gasteiger partial charge is 0.509 e. The summed E-state index contributed by atoms with van der Waals surface area (Å²) in [5.41, 5.74) is 4.33. The Hall–Kier alpha value is -1.55. The number of hydrogen-bond donors (Lipinski definition) is 1. The molecule has 3 nitrogen and oxygen atoms in total. The average molecular weight is 276 g/mol. The molecule has 0 atom stereocenters. The Morgan fingerprint density at radius 1 is 1.47 bits per heavy atom. The molecule has 1 aromatic heterocycles. The van der Waals surface area contributed by atoms with E-state index < -0.39 is 0 Å². The molecule has 0 aromatic carbocycles. The smallest absolute Gasteiger partial charge is 0.110 e. The van der Waals surface area contributed by atoms with E-state index in [0.717, 1.165) is 22.2 Å². The fraction of sp³-hybridized carbons (Fsp3) is 0.333. The molecular formula is C15H20N2OS. The Morgan fingerprint density at radius 2 is 2.16 bits per heavy atom. The Labute approximate surface area is 119 Å². The summed E-state index contributed by atoms with van der Waals surface area (Å²) in [5, 5.41) is 10.0. The second-order valence-electron chi connectivity index (χ2n) is 4.39. The molecule has 0 bridgehead atoms. The molecule has 0 aliphatic rings. The predicted molar refractivity (Wildman–Crippen MR) is 83.6 cm³/mol. The summed E-state index contributed by atoms with van der Waals surface area (Å²) in [7, 11) is 0. The highest BCUT2D eigenvalue weighted by Crippen LogP contribution is 2.20. The van der Waals surface area contributed by atoms with E-state index in [2.05, 4.69) is 23.5 Å². The number of pyridine rings is 1. The van der Waals surface area contributed by atoms with E-state index in [-0.39, 0.29) is 5.76 Å². The van der Waals surface area contributed by atoms with Gasteiger partial charge in [0.15, 0.2) is 0 Å². The van der Waals surface area contributed by atoms with Crippen LogP contribution in [0.2, 0.25) is 0 Å². The lowest BCUT2D eigenvalue weighted by molar-refractivity contribution is 0.434. The number of aryl methyl sites for hydroxylation is 2. The van der Waals surface area contributed by atoms with Crippen LogP contribution in [0.5, 0.6) is 0 Å². The molecule has 0 radical (unpaired) electrons. The van der Waals surface area contributed by atoms with Crippen molar-refractivity contribution >= 4 is 16.8 Å². The lowest BCUT2D eigenvalue weighted by atomic mass is 10.1. The van der Waals surface area contributed by atoms with Gasteiger partial charge in [-0.3, -0.25) is 9.98 Å². The number of aromatic nitrogens is 1. The van der Waals surface area contributed by atoms with E-state index in [0.29, 0.717) is 0 Å². The standard InChI is InChI=1S/C15H20N2OS/c1-10-6-7-16-13(4)15(10)9-19-14(5)17-11(2)8-12(3)18/h6-8,18H,3,9H2,1-2,4-5H3/b11-8-,17-14?. The van der Waals surface area contributed by atoms with Crippen LogP contribution in [0.4, 0.5) is 0 Å². The van der Waals surface area contributed by atoms with E-state index in [1.807, 2.05) is 33.0 Å². The molecule has 1 rings (SSSR count). The van der Waals surface area contributed by atoms with Crippen molar-refractivity contribution in [3.63, 3.8) is 0 Å². The molecule has 1 N–H and O–H groups in total. The van der Waals surface area contributed by atoms with Gasteiger partial charge in [-0.05, 0) is 44.9 Å². The van der Waals surface area contributed by atoms with Crippen molar-refractivity contribution < 1.29 is 5.11 Å². The van der Waals surface area contributed by atoms with Crippen molar-refractivity contribution in [2.24, 2.45) is 4.99 Å². The summed E-state index contributed by atoms with van der Waals surface area (Å²) >= 11 is 1.67. The van der Waals surface area contributed by atoms with E-state index >= 15 is 0 Å². The van der Waals surface area contributed by atoms with Crippen LogP contribution in [-0.2, 0) is 5.75 Å². The summed E-state index contributed by atoms with van der Waals surface area (Å²) in [4.78, 5) is 8.70. The monoisotopic (exact) mass is 276 g/mol. The van der Waals surface area contributed by atoms with Gasteiger partial charge in [0.1, 0.15) is 5.76 Å². The molecule has 0 unspecified atom stereocenters. The first-order valence-corrected chi connectivity index (χ1v) is 7.04. The Bertz CT molecular complexity index is 513. The molecule has 0 spiro atoms. The van der Waals surface area contributed by atoms with Gasteiger partial charge in [0.25, 0.3) is 0 Å². The maximum Gasteiger partial charge on any atom is 0.110 e. The van der Waals surface area contributed by atoms with Crippen molar-refractivity contribution in [3.05, 3.63) is 53.2 Å². The van der Waals surface area contributed by atoms with Gasteiger partial charge in [-0.2, -0.15) is 0 Å². The third-order valence-corrected chi connectivity index (χ3v) is 3.58. The average Bonchev–Trinajstić information content (AvgIpc) is 2.26. The first-order chi connectivity index (χ1) is 8.90. The van der Waals surface area contributed by atoms with Crippen LogP contribution in [0.1, 0.15) is 30.7 Å². The van der Waals surface area contributed by atoms with Crippen molar-refractivity contribution in [3.8, 4) is 0 Å². The first-order valence-electron chi connectivity index (χ1n) is 6.05. The van der Waals surface area contributed by atoms with Gasteiger partial charge < -0.3 is 5.11 Å². The second-order valence-corrected chi connectivity index (χ2v) is 5.56. The Morgan fingerprint density at radius 3 is 2.74 bits per heavy atom. The van der Waals surface area contributed by atoms with Crippen molar-refractivity contribution in [2.75, 3.05) is 0 Å². The van der Waals surface area contributed by atoms with Crippen LogP contribution in [0.3, 0.4) is 0 Å². The van der Waals surface area contributed by atoms with Gasteiger partial charge in [0.2, 0.25) is 0 Å². The van der Waals surface area contributed by atoms with Crippen LogP contribution in [0.15, 0.2) is 41.4 Å². The molecule has 1 aromatic rings. The van der Waals surface area contributed by atoms with Crippen molar-refractivity contribution in [1.82, 2.24) is 4.98 Å². The number of allylic oxidation sites excluding steroid dienone is 2. The summed E-state index contributed by atoms with van der Waals surface area (Å²) < 4.78 is 0. The highest BCUT2D eigenvalue weighted by molar-refractivity contribution is 8.13.